The number of ether oxygens (including phenoxy) is 1. The molecule has 1 N–H and O–H groups in total. The summed E-state index contributed by atoms with van der Waals surface area (Å²) in [5.41, 5.74) is 0. The molecule has 0 bridgehead atoms. The third kappa shape index (κ3) is 2.96. The fourth-order valence-electron chi connectivity index (χ4n) is 3.21. The monoisotopic (exact) mass is 226 g/mol. The second-order valence-electron chi connectivity index (χ2n) is 5.28. The van der Waals surface area contributed by atoms with Crippen molar-refractivity contribution >= 4 is 0 Å². The van der Waals surface area contributed by atoms with Crippen LogP contribution in [0.5, 0.6) is 0 Å². The van der Waals surface area contributed by atoms with E-state index in [1.807, 2.05) is 0 Å². The SMILES string of the molecule is CNC1CCCCC1N1CCCOC(C)C1. The summed E-state index contributed by atoms with van der Waals surface area (Å²) in [4.78, 5) is 2.66. The summed E-state index contributed by atoms with van der Waals surface area (Å²) in [7, 11) is 2.11. The van der Waals surface area contributed by atoms with Gasteiger partial charge in [-0.3, -0.25) is 4.90 Å². The second kappa shape index (κ2) is 5.99. The van der Waals surface area contributed by atoms with Gasteiger partial charge in [-0.25, -0.2) is 0 Å². The van der Waals surface area contributed by atoms with Crippen LogP contribution in [0.1, 0.15) is 39.0 Å². The van der Waals surface area contributed by atoms with Gasteiger partial charge in [-0.05, 0) is 33.2 Å². The van der Waals surface area contributed by atoms with Crippen molar-refractivity contribution in [2.45, 2.75) is 57.2 Å². The summed E-state index contributed by atoms with van der Waals surface area (Å²) in [6.45, 7) is 5.47. The summed E-state index contributed by atoms with van der Waals surface area (Å²) >= 11 is 0. The zero-order chi connectivity index (χ0) is 11.4. The van der Waals surface area contributed by atoms with Crippen LogP contribution in [0.15, 0.2) is 0 Å². The van der Waals surface area contributed by atoms with E-state index < -0.39 is 0 Å². The predicted molar refractivity (Wildman–Crippen MR) is 66.7 cm³/mol. The van der Waals surface area contributed by atoms with E-state index >= 15 is 0 Å². The molecule has 1 saturated heterocycles. The van der Waals surface area contributed by atoms with E-state index in [2.05, 4.69) is 24.2 Å². The van der Waals surface area contributed by atoms with Crippen LogP contribution in [0, 0.1) is 0 Å². The molecule has 0 aromatic heterocycles. The highest BCUT2D eigenvalue weighted by Crippen LogP contribution is 2.24. The standard InChI is InChI=1S/C13H26N2O/c1-11-10-15(8-5-9-16-11)13-7-4-3-6-12(13)14-2/h11-14H,3-10H2,1-2H3. The van der Waals surface area contributed by atoms with Gasteiger partial charge >= 0.3 is 0 Å². The minimum Gasteiger partial charge on any atom is -0.377 e. The van der Waals surface area contributed by atoms with Gasteiger partial charge in [0.2, 0.25) is 0 Å². The van der Waals surface area contributed by atoms with Crippen LogP contribution < -0.4 is 5.32 Å². The van der Waals surface area contributed by atoms with Crippen LogP contribution in [-0.4, -0.2) is 49.8 Å². The van der Waals surface area contributed by atoms with Gasteiger partial charge in [0.15, 0.2) is 0 Å². The van der Waals surface area contributed by atoms with Crippen molar-refractivity contribution in [3.8, 4) is 0 Å². The lowest BCUT2D eigenvalue weighted by molar-refractivity contribution is 0.0509. The van der Waals surface area contributed by atoms with Crippen LogP contribution in [0.25, 0.3) is 0 Å². The normalized spacial score (nSPS) is 38.2. The molecule has 0 spiro atoms. The van der Waals surface area contributed by atoms with Gasteiger partial charge in [-0.15, -0.1) is 0 Å². The molecule has 0 aromatic rings. The Morgan fingerprint density at radius 3 is 2.81 bits per heavy atom. The molecule has 0 amide bonds. The lowest BCUT2D eigenvalue weighted by Gasteiger charge is -2.40. The first kappa shape index (κ1) is 12.3. The molecule has 0 aromatic carbocycles. The molecule has 3 nitrogen and oxygen atoms in total. The Kier molecular flexibility index (Phi) is 4.62. The number of nitrogens with one attached hydrogen (secondary N) is 1. The molecule has 1 aliphatic heterocycles. The van der Waals surface area contributed by atoms with E-state index in [4.69, 9.17) is 4.74 Å². The average Bonchev–Trinajstić information content (AvgIpc) is 2.54. The van der Waals surface area contributed by atoms with E-state index in [1.165, 1.54) is 38.6 Å². The summed E-state index contributed by atoms with van der Waals surface area (Å²) in [6, 6.07) is 1.43. The van der Waals surface area contributed by atoms with Crippen molar-refractivity contribution in [2.24, 2.45) is 0 Å². The molecule has 3 unspecified atom stereocenters. The van der Waals surface area contributed by atoms with Crippen molar-refractivity contribution in [1.82, 2.24) is 10.2 Å². The third-order valence-electron chi connectivity index (χ3n) is 4.05. The number of hydrogen-bond donors (Lipinski definition) is 1. The van der Waals surface area contributed by atoms with E-state index in [0.717, 1.165) is 19.2 Å². The second-order valence-corrected chi connectivity index (χ2v) is 5.28. The van der Waals surface area contributed by atoms with Crippen molar-refractivity contribution in [3.63, 3.8) is 0 Å². The fourth-order valence-corrected chi connectivity index (χ4v) is 3.21. The van der Waals surface area contributed by atoms with Crippen LogP contribution in [0.2, 0.25) is 0 Å². The molecule has 1 aliphatic carbocycles. The summed E-state index contributed by atoms with van der Waals surface area (Å²) in [5, 5.41) is 3.50. The largest absolute Gasteiger partial charge is 0.377 e. The lowest BCUT2D eigenvalue weighted by atomic mass is 9.89. The van der Waals surface area contributed by atoms with E-state index in [9.17, 15) is 0 Å². The van der Waals surface area contributed by atoms with E-state index in [1.54, 1.807) is 0 Å². The first-order valence-corrected chi connectivity index (χ1v) is 6.84. The van der Waals surface area contributed by atoms with Crippen LogP contribution in [-0.2, 0) is 4.74 Å². The van der Waals surface area contributed by atoms with Gasteiger partial charge in [-0.1, -0.05) is 12.8 Å². The van der Waals surface area contributed by atoms with Crippen molar-refractivity contribution in [2.75, 3.05) is 26.7 Å². The first-order chi connectivity index (χ1) is 7.81. The van der Waals surface area contributed by atoms with Gasteiger partial charge in [0.05, 0.1) is 6.10 Å². The molecule has 1 heterocycles. The zero-order valence-corrected chi connectivity index (χ0v) is 10.7. The van der Waals surface area contributed by atoms with Crippen LogP contribution in [0.3, 0.4) is 0 Å². The number of likely N-dealkylation sites (N-methyl/N-ethyl adjacent to an activating group) is 1. The van der Waals surface area contributed by atoms with Gasteiger partial charge in [0.1, 0.15) is 0 Å². The molecule has 2 rings (SSSR count). The Morgan fingerprint density at radius 1 is 1.19 bits per heavy atom. The smallest absolute Gasteiger partial charge is 0.0674 e. The Balaban J connectivity index is 1.96. The van der Waals surface area contributed by atoms with Gasteiger partial charge < -0.3 is 10.1 Å². The summed E-state index contributed by atoms with van der Waals surface area (Å²) in [5.74, 6) is 0. The first-order valence-electron chi connectivity index (χ1n) is 6.84. The van der Waals surface area contributed by atoms with Crippen molar-refractivity contribution in [3.05, 3.63) is 0 Å². The molecule has 1 saturated carbocycles. The average molecular weight is 226 g/mol. The molecule has 3 atom stereocenters. The van der Waals surface area contributed by atoms with Crippen LogP contribution >= 0.6 is 0 Å². The van der Waals surface area contributed by atoms with Gasteiger partial charge in [-0.2, -0.15) is 0 Å². The molecule has 0 radical (unpaired) electrons. The molecule has 3 heteroatoms. The van der Waals surface area contributed by atoms with Gasteiger partial charge in [0.25, 0.3) is 0 Å². The fraction of sp³-hybridized carbons (Fsp3) is 1.00. The quantitative estimate of drug-likeness (QED) is 0.774. The molecular weight excluding hydrogens is 200 g/mol. The van der Waals surface area contributed by atoms with Crippen molar-refractivity contribution < 1.29 is 4.74 Å². The summed E-state index contributed by atoms with van der Waals surface area (Å²) < 4.78 is 5.73. The topological polar surface area (TPSA) is 24.5 Å². The number of rotatable bonds is 2. The highest BCUT2D eigenvalue weighted by atomic mass is 16.5. The van der Waals surface area contributed by atoms with Crippen molar-refractivity contribution in [1.29, 1.82) is 0 Å². The maximum Gasteiger partial charge on any atom is 0.0674 e. The van der Waals surface area contributed by atoms with E-state index in [0.29, 0.717) is 12.1 Å². The Hall–Kier alpha value is -0.120. The minimum atomic E-state index is 0.405. The third-order valence-corrected chi connectivity index (χ3v) is 4.05. The minimum absolute atomic E-state index is 0.405. The Morgan fingerprint density at radius 2 is 2.00 bits per heavy atom. The molecule has 94 valence electrons. The molecular formula is C13H26N2O. The lowest BCUT2D eigenvalue weighted by Crippen LogP contribution is -2.52. The van der Waals surface area contributed by atoms with Crippen LogP contribution in [0.4, 0.5) is 0 Å². The number of nitrogens with zero attached hydrogens (tertiary/aromatic N) is 1. The molecule has 2 aliphatic rings. The molecule has 16 heavy (non-hydrogen) atoms. The number of hydrogen-bond acceptors (Lipinski definition) is 3. The maximum atomic E-state index is 5.73. The highest BCUT2D eigenvalue weighted by molar-refractivity contribution is 4.88. The zero-order valence-electron chi connectivity index (χ0n) is 10.7. The molecule has 2 fully saturated rings. The predicted octanol–water partition coefficient (Wildman–Crippen LogP) is 1.63. The highest BCUT2D eigenvalue weighted by Gasteiger charge is 2.30. The van der Waals surface area contributed by atoms with Gasteiger partial charge in [0, 0.05) is 31.8 Å². The van der Waals surface area contributed by atoms with E-state index in [-0.39, 0.29) is 0 Å². The maximum absolute atomic E-state index is 5.73. The Bertz CT molecular complexity index is 210. The summed E-state index contributed by atoms with van der Waals surface area (Å²) in [6.07, 6.45) is 7.08. The Labute approximate surface area is 99.5 Å².